The first kappa shape index (κ1) is 18.4. The summed E-state index contributed by atoms with van der Waals surface area (Å²) in [5.74, 6) is 0.740. The van der Waals surface area contributed by atoms with Crippen molar-refractivity contribution in [2.75, 3.05) is 26.8 Å². The molecule has 0 aromatic heterocycles. The molecule has 1 amide bonds. The minimum Gasteiger partial charge on any atom is -0.389 e. The molecule has 5 nitrogen and oxygen atoms in total. The zero-order valence-corrected chi connectivity index (χ0v) is 13.8. The van der Waals surface area contributed by atoms with Crippen molar-refractivity contribution in [3.8, 4) is 0 Å². The molecule has 1 rings (SSSR count). The second kappa shape index (κ2) is 9.38. The molecule has 1 saturated carbocycles. The number of ether oxygens (including phenoxy) is 1. The Balaban J connectivity index is 2.22. The molecule has 0 heterocycles. The molecule has 21 heavy (non-hydrogen) atoms. The lowest BCUT2D eigenvalue weighted by Gasteiger charge is -2.36. The monoisotopic (exact) mass is 300 g/mol. The topological polar surface area (TPSA) is 70.6 Å². The van der Waals surface area contributed by atoms with E-state index in [1.807, 2.05) is 6.92 Å². The highest BCUT2D eigenvalue weighted by molar-refractivity contribution is 5.81. The van der Waals surface area contributed by atoms with Crippen molar-refractivity contribution >= 4 is 5.91 Å². The van der Waals surface area contributed by atoms with E-state index in [-0.39, 0.29) is 11.9 Å². The van der Waals surface area contributed by atoms with Crippen LogP contribution >= 0.6 is 0 Å². The number of methoxy groups -OCH3 is 1. The lowest BCUT2D eigenvalue weighted by Crippen LogP contribution is -2.50. The number of aliphatic hydroxyl groups is 1. The van der Waals surface area contributed by atoms with Gasteiger partial charge in [-0.2, -0.15) is 0 Å². The van der Waals surface area contributed by atoms with E-state index < -0.39 is 5.60 Å². The maximum Gasteiger partial charge on any atom is 0.236 e. The van der Waals surface area contributed by atoms with E-state index in [4.69, 9.17) is 4.74 Å². The van der Waals surface area contributed by atoms with Crippen LogP contribution in [0.15, 0.2) is 0 Å². The first-order valence-electron chi connectivity index (χ1n) is 8.23. The van der Waals surface area contributed by atoms with Crippen molar-refractivity contribution < 1.29 is 14.6 Å². The lowest BCUT2D eigenvalue weighted by atomic mass is 9.78. The van der Waals surface area contributed by atoms with Crippen LogP contribution in [0, 0.1) is 5.92 Å². The van der Waals surface area contributed by atoms with Gasteiger partial charge in [-0.3, -0.25) is 4.79 Å². The molecule has 1 fully saturated rings. The number of hydrogen-bond acceptors (Lipinski definition) is 4. The fourth-order valence-corrected chi connectivity index (χ4v) is 2.82. The highest BCUT2D eigenvalue weighted by Crippen LogP contribution is 2.33. The molecular weight excluding hydrogens is 268 g/mol. The van der Waals surface area contributed by atoms with Crippen LogP contribution in [0.3, 0.4) is 0 Å². The average Bonchev–Trinajstić information content (AvgIpc) is 2.50. The second-order valence-electron chi connectivity index (χ2n) is 6.32. The molecule has 0 saturated heterocycles. The summed E-state index contributed by atoms with van der Waals surface area (Å²) < 4.78 is 4.94. The smallest absolute Gasteiger partial charge is 0.236 e. The number of carbonyl (C=O) groups is 1. The van der Waals surface area contributed by atoms with E-state index in [0.717, 1.165) is 38.0 Å². The van der Waals surface area contributed by atoms with Gasteiger partial charge in [0.2, 0.25) is 5.91 Å². The Kier molecular flexibility index (Phi) is 8.22. The van der Waals surface area contributed by atoms with Crippen LogP contribution in [-0.4, -0.2) is 49.5 Å². The molecule has 0 aliphatic heterocycles. The minimum absolute atomic E-state index is 0.0167. The Labute approximate surface area is 128 Å². The third-order valence-electron chi connectivity index (χ3n) is 4.57. The fourth-order valence-electron chi connectivity index (χ4n) is 2.82. The summed E-state index contributed by atoms with van der Waals surface area (Å²) in [7, 11) is 1.65. The van der Waals surface area contributed by atoms with Crippen LogP contribution in [0.2, 0.25) is 0 Å². The van der Waals surface area contributed by atoms with Crippen LogP contribution < -0.4 is 10.6 Å². The number of carbonyl (C=O) groups excluding carboxylic acids is 1. The molecular formula is C16H32N2O3. The first-order chi connectivity index (χ1) is 10.0. The van der Waals surface area contributed by atoms with Gasteiger partial charge in [-0.25, -0.2) is 0 Å². The maximum atomic E-state index is 11.9. The molecule has 0 radical (unpaired) electrons. The van der Waals surface area contributed by atoms with E-state index in [0.29, 0.717) is 19.7 Å². The third-order valence-corrected chi connectivity index (χ3v) is 4.57. The number of rotatable bonds is 9. The lowest BCUT2D eigenvalue weighted by molar-refractivity contribution is -0.123. The van der Waals surface area contributed by atoms with Crippen molar-refractivity contribution in [3.05, 3.63) is 0 Å². The summed E-state index contributed by atoms with van der Waals surface area (Å²) in [5, 5.41) is 16.6. The minimum atomic E-state index is -0.643. The van der Waals surface area contributed by atoms with Crippen molar-refractivity contribution in [1.82, 2.24) is 10.6 Å². The van der Waals surface area contributed by atoms with E-state index in [9.17, 15) is 9.90 Å². The summed E-state index contributed by atoms with van der Waals surface area (Å²) in [5.41, 5.74) is -0.643. The van der Waals surface area contributed by atoms with Gasteiger partial charge in [-0.15, -0.1) is 0 Å². The van der Waals surface area contributed by atoms with E-state index >= 15 is 0 Å². The molecule has 5 heteroatoms. The van der Waals surface area contributed by atoms with Gasteiger partial charge in [0.05, 0.1) is 11.6 Å². The molecule has 0 aromatic rings. The number of nitrogens with one attached hydrogen (secondary N) is 2. The van der Waals surface area contributed by atoms with Crippen molar-refractivity contribution in [3.63, 3.8) is 0 Å². The normalized spacial score (nSPS) is 27.3. The standard InChI is InChI=1S/C16H32N2O3/c1-4-14-6-8-16(20,9-7-14)12-18-13(2)15(19)17-10-5-11-21-3/h13-14,18,20H,4-12H2,1-3H3,(H,17,19). The predicted molar refractivity (Wildman–Crippen MR) is 84.2 cm³/mol. The van der Waals surface area contributed by atoms with Gasteiger partial charge in [0.1, 0.15) is 0 Å². The van der Waals surface area contributed by atoms with Crippen LogP contribution in [0.4, 0.5) is 0 Å². The van der Waals surface area contributed by atoms with Crippen LogP contribution in [0.25, 0.3) is 0 Å². The largest absolute Gasteiger partial charge is 0.389 e. The summed E-state index contributed by atoms with van der Waals surface area (Å²) in [6.07, 6.45) is 5.86. The van der Waals surface area contributed by atoms with Gasteiger partial charge in [-0.05, 0) is 44.9 Å². The fraction of sp³-hybridized carbons (Fsp3) is 0.938. The van der Waals surface area contributed by atoms with E-state index in [1.54, 1.807) is 7.11 Å². The Bertz CT molecular complexity index is 302. The predicted octanol–water partition coefficient (Wildman–Crippen LogP) is 1.45. The Morgan fingerprint density at radius 1 is 1.43 bits per heavy atom. The quantitative estimate of drug-likeness (QED) is 0.564. The second-order valence-corrected chi connectivity index (χ2v) is 6.32. The average molecular weight is 300 g/mol. The number of hydrogen-bond donors (Lipinski definition) is 3. The molecule has 1 aliphatic rings. The molecule has 0 aromatic carbocycles. The van der Waals surface area contributed by atoms with Crippen molar-refractivity contribution in [2.45, 2.75) is 64.0 Å². The first-order valence-corrected chi connectivity index (χ1v) is 8.23. The highest BCUT2D eigenvalue weighted by atomic mass is 16.5. The van der Waals surface area contributed by atoms with Crippen LogP contribution in [-0.2, 0) is 9.53 Å². The molecule has 0 spiro atoms. The van der Waals surface area contributed by atoms with E-state index in [1.165, 1.54) is 6.42 Å². The van der Waals surface area contributed by atoms with Crippen molar-refractivity contribution in [1.29, 1.82) is 0 Å². The molecule has 1 aliphatic carbocycles. The molecule has 0 bridgehead atoms. The summed E-state index contributed by atoms with van der Waals surface area (Å²) in [6.45, 7) is 5.83. The Morgan fingerprint density at radius 3 is 2.67 bits per heavy atom. The molecule has 1 unspecified atom stereocenters. The zero-order chi connectivity index (χ0) is 15.7. The molecule has 124 valence electrons. The summed E-state index contributed by atoms with van der Waals surface area (Å²) in [6, 6.07) is -0.277. The number of amides is 1. The molecule has 3 N–H and O–H groups in total. The van der Waals surface area contributed by atoms with Gasteiger partial charge >= 0.3 is 0 Å². The van der Waals surface area contributed by atoms with Crippen LogP contribution in [0.1, 0.15) is 52.4 Å². The SMILES string of the molecule is CCC1CCC(O)(CNC(C)C(=O)NCCCOC)CC1. The Hall–Kier alpha value is -0.650. The maximum absolute atomic E-state index is 11.9. The van der Waals surface area contributed by atoms with Crippen molar-refractivity contribution in [2.24, 2.45) is 5.92 Å². The Morgan fingerprint density at radius 2 is 2.10 bits per heavy atom. The van der Waals surface area contributed by atoms with Gasteiger partial charge in [0.25, 0.3) is 0 Å². The van der Waals surface area contributed by atoms with E-state index in [2.05, 4.69) is 17.6 Å². The summed E-state index contributed by atoms with van der Waals surface area (Å²) >= 11 is 0. The van der Waals surface area contributed by atoms with Gasteiger partial charge in [-0.1, -0.05) is 13.3 Å². The summed E-state index contributed by atoms with van der Waals surface area (Å²) in [4.78, 5) is 11.9. The van der Waals surface area contributed by atoms with Gasteiger partial charge in [0, 0.05) is 26.8 Å². The molecule has 1 atom stereocenters. The third kappa shape index (κ3) is 6.76. The van der Waals surface area contributed by atoms with Crippen LogP contribution in [0.5, 0.6) is 0 Å². The van der Waals surface area contributed by atoms with Gasteiger partial charge in [0.15, 0.2) is 0 Å². The van der Waals surface area contributed by atoms with Gasteiger partial charge < -0.3 is 20.5 Å². The highest BCUT2D eigenvalue weighted by Gasteiger charge is 2.33. The zero-order valence-electron chi connectivity index (χ0n) is 13.8.